The second kappa shape index (κ2) is 11.7. The molecule has 5 rings (SSSR count). The second-order valence-electron chi connectivity index (χ2n) is 9.71. The van der Waals surface area contributed by atoms with Crippen molar-refractivity contribution in [3.63, 3.8) is 0 Å². The molecule has 0 N–H and O–H groups in total. The number of hydrogen-bond acceptors (Lipinski definition) is 5. The van der Waals surface area contributed by atoms with Gasteiger partial charge in [0.25, 0.3) is 0 Å². The molecule has 0 unspecified atom stereocenters. The molecule has 0 saturated carbocycles. The van der Waals surface area contributed by atoms with E-state index < -0.39 is 10.0 Å². The number of benzene rings is 3. The van der Waals surface area contributed by atoms with Gasteiger partial charge in [0.2, 0.25) is 10.0 Å². The van der Waals surface area contributed by atoms with Gasteiger partial charge in [0.05, 0.1) is 23.4 Å². The minimum Gasteiger partial charge on any atom is -0.497 e. The molecule has 38 heavy (non-hydrogen) atoms. The maximum atomic E-state index is 13.2. The summed E-state index contributed by atoms with van der Waals surface area (Å²) >= 11 is 1.58. The second-order valence-corrected chi connectivity index (χ2v) is 12.5. The fraction of sp³-hybridized carbons (Fsp3) is 0.300. The zero-order chi connectivity index (χ0) is 26.5. The highest BCUT2D eigenvalue weighted by atomic mass is 32.2. The highest BCUT2D eigenvalue weighted by Crippen LogP contribution is 2.27. The first-order valence-electron chi connectivity index (χ1n) is 13.0. The highest BCUT2D eigenvalue weighted by Gasteiger charge is 2.28. The Morgan fingerprint density at radius 2 is 1.63 bits per heavy atom. The standard InChI is InChI=1S/C30H33N3O3S2/c1-23-16-19-32(20-17-23)38(34,35)28-14-8-25(9-15-28)29-22-37-30(31-26-10-12-27(36-2)13-11-26)33(29)21-18-24-6-4-3-5-7-24/h3-15,22-23H,16-21H2,1-2H3. The lowest BCUT2D eigenvalue weighted by atomic mass is 10.0. The smallest absolute Gasteiger partial charge is 0.243 e. The average molecular weight is 548 g/mol. The molecule has 0 spiro atoms. The lowest BCUT2D eigenvalue weighted by molar-refractivity contribution is 0.288. The molecule has 1 fully saturated rings. The zero-order valence-electron chi connectivity index (χ0n) is 21.8. The Morgan fingerprint density at radius 1 is 0.947 bits per heavy atom. The van der Waals surface area contributed by atoms with Gasteiger partial charge >= 0.3 is 0 Å². The van der Waals surface area contributed by atoms with Crippen LogP contribution in [0.4, 0.5) is 5.69 Å². The quantitative estimate of drug-likeness (QED) is 0.267. The molecule has 8 heteroatoms. The van der Waals surface area contributed by atoms with Gasteiger partial charge in [-0.05, 0) is 72.7 Å². The lowest BCUT2D eigenvalue weighted by Crippen LogP contribution is -2.37. The first-order chi connectivity index (χ1) is 18.4. The van der Waals surface area contributed by atoms with Gasteiger partial charge in [-0.25, -0.2) is 13.4 Å². The summed E-state index contributed by atoms with van der Waals surface area (Å²) in [5, 5.41) is 2.10. The third-order valence-corrected chi connectivity index (χ3v) is 9.87. The van der Waals surface area contributed by atoms with Gasteiger partial charge in [-0.1, -0.05) is 49.4 Å². The molecule has 0 bridgehead atoms. The van der Waals surface area contributed by atoms with Crippen LogP contribution >= 0.6 is 11.3 Å². The van der Waals surface area contributed by atoms with Gasteiger partial charge in [-0.2, -0.15) is 4.31 Å². The summed E-state index contributed by atoms with van der Waals surface area (Å²) in [5.74, 6) is 1.37. The molecule has 1 saturated heterocycles. The summed E-state index contributed by atoms with van der Waals surface area (Å²) in [6.07, 6.45) is 2.68. The van der Waals surface area contributed by atoms with E-state index >= 15 is 0 Å². The van der Waals surface area contributed by atoms with Crippen molar-refractivity contribution >= 4 is 27.0 Å². The van der Waals surface area contributed by atoms with Crippen LogP contribution in [0.25, 0.3) is 11.3 Å². The van der Waals surface area contributed by atoms with Crippen LogP contribution in [0.1, 0.15) is 25.3 Å². The molecular weight excluding hydrogens is 514 g/mol. The number of ether oxygens (including phenoxy) is 1. The van der Waals surface area contributed by atoms with Crippen molar-refractivity contribution in [3.8, 4) is 17.0 Å². The maximum absolute atomic E-state index is 13.2. The van der Waals surface area contributed by atoms with Crippen LogP contribution in [0.15, 0.2) is 94.1 Å². The monoisotopic (exact) mass is 547 g/mol. The summed E-state index contributed by atoms with van der Waals surface area (Å²) in [5.41, 5.74) is 4.10. The lowest BCUT2D eigenvalue weighted by Gasteiger charge is -2.29. The van der Waals surface area contributed by atoms with Crippen molar-refractivity contribution in [2.45, 2.75) is 37.6 Å². The molecule has 0 radical (unpaired) electrons. The number of aromatic nitrogens is 1. The van der Waals surface area contributed by atoms with Gasteiger partial charge < -0.3 is 9.30 Å². The van der Waals surface area contributed by atoms with E-state index in [-0.39, 0.29) is 0 Å². The largest absolute Gasteiger partial charge is 0.497 e. The Hall–Kier alpha value is -3.20. The van der Waals surface area contributed by atoms with Gasteiger partial charge in [0, 0.05) is 25.0 Å². The van der Waals surface area contributed by atoms with Crippen LogP contribution in [-0.4, -0.2) is 37.5 Å². The Kier molecular flexibility index (Phi) is 8.12. The van der Waals surface area contributed by atoms with E-state index in [1.807, 2.05) is 42.5 Å². The fourth-order valence-corrected chi connectivity index (χ4v) is 7.12. The van der Waals surface area contributed by atoms with E-state index in [4.69, 9.17) is 9.73 Å². The molecular formula is C30H33N3O3S2. The predicted octanol–water partition coefficient (Wildman–Crippen LogP) is 6.12. The van der Waals surface area contributed by atoms with E-state index in [9.17, 15) is 8.42 Å². The predicted molar refractivity (Wildman–Crippen MR) is 153 cm³/mol. The van der Waals surface area contributed by atoms with Gasteiger partial charge in [0.1, 0.15) is 5.75 Å². The fourth-order valence-electron chi connectivity index (χ4n) is 4.69. The third kappa shape index (κ3) is 5.93. The average Bonchev–Trinajstić information content (AvgIpc) is 3.35. The Labute approximate surface area is 228 Å². The van der Waals surface area contributed by atoms with Crippen LogP contribution in [-0.2, 0) is 23.0 Å². The number of piperidine rings is 1. The summed E-state index contributed by atoms with van der Waals surface area (Å²) in [6.45, 7) is 4.11. The van der Waals surface area contributed by atoms with Crippen LogP contribution in [0.5, 0.6) is 5.75 Å². The van der Waals surface area contributed by atoms with Crippen molar-refractivity contribution in [1.29, 1.82) is 0 Å². The molecule has 0 atom stereocenters. The molecule has 1 aliphatic rings. The molecule has 1 aliphatic heterocycles. The van der Waals surface area contributed by atoms with Crippen molar-refractivity contribution in [2.24, 2.45) is 10.9 Å². The van der Waals surface area contributed by atoms with Crippen LogP contribution in [0, 0.1) is 5.92 Å². The summed E-state index contributed by atoms with van der Waals surface area (Å²) in [6, 6.07) is 25.4. The number of thiazole rings is 1. The Bertz CT molecular complexity index is 1520. The van der Waals surface area contributed by atoms with E-state index in [0.29, 0.717) is 23.9 Å². The van der Waals surface area contributed by atoms with Crippen molar-refractivity contribution in [3.05, 3.63) is 94.6 Å². The molecule has 4 aromatic rings. The summed E-state index contributed by atoms with van der Waals surface area (Å²) < 4.78 is 35.6. The van der Waals surface area contributed by atoms with E-state index in [1.165, 1.54) is 5.56 Å². The third-order valence-electron chi connectivity index (χ3n) is 7.09. The number of rotatable bonds is 8. The summed E-state index contributed by atoms with van der Waals surface area (Å²) in [4.78, 5) is 6.16. The number of sulfonamides is 1. The highest BCUT2D eigenvalue weighted by molar-refractivity contribution is 7.89. The first-order valence-corrected chi connectivity index (χ1v) is 15.3. The molecule has 0 aliphatic carbocycles. The van der Waals surface area contributed by atoms with Crippen LogP contribution in [0.2, 0.25) is 0 Å². The molecule has 1 aromatic heterocycles. The van der Waals surface area contributed by atoms with Gasteiger partial charge in [-0.3, -0.25) is 0 Å². The van der Waals surface area contributed by atoms with E-state index in [2.05, 4.69) is 41.1 Å². The Morgan fingerprint density at radius 3 is 2.29 bits per heavy atom. The molecule has 0 amide bonds. The van der Waals surface area contributed by atoms with E-state index in [0.717, 1.165) is 53.3 Å². The first kappa shape index (κ1) is 26.4. The maximum Gasteiger partial charge on any atom is 0.243 e. The summed E-state index contributed by atoms with van der Waals surface area (Å²) in [7, 11) is -1.83. The van der Waals surface area contributed by atoms with E-state index in [1.54, 1.807) is 34.9 Å². The van der Waals surface area contributed by atoms with Crippen molar-refractivity contribution in [2.75, 3.05) is 20.2 Å². The molecule has 3 aromatic carbocycles. The molecule has 198 valence electrons. The van der Waals surface area contributed by atoms with Gasteiger partial charge in [-0.15, -0.1) is 11.3 Å². The topological polar surface area (TPSA) is 63.9 Å². The normalized spacial score (nSPS) is 15.6. The number of nitrogens with zero attached hydrogens (tertiary/aromatic N) is 3. The SMILES string of the molecule is COc1ccc(N=c2scc(-c3ccc(S(=O)(=O)N4CCC(C)CC4)cc3)n2CCc2ccccc2)cc1. The van der Waals surface area contributed by atoms with Crippen LogP contribution < -0.4 is 9.54 Å². The van der Waals surface area contributed by atoms with Crippen molar-refractivity contribution in [1.82, 2.24) is 8.87 Å². The van der Waals surface area contributed by atoms with Crippen molar-refractivity contribution < 1.29 is 13.2 Å². The minimum absolute atomic E-state index is 0.352. The van der Waals surface area contributed by atoms with Crippen LogP contribution in [0.3, 0.4) is 0 Å². The number of hydrogen-bond donors (Lipinski definition) is 0. The Balaban J connectivity index is 1.47. The molecule has 2 heterocycles. The minimum atomic E-state index is -3.48. The molecule has 6 nitrogen and oxygen atoms in total. The van der Waals surface area contributed by atoms with Gasteiger partial charge in [0.15, 0.2) is 4.80 Å². The number of aryl methyl sites for hydroxylation is 1. The number of methoxy groups -OCH3 is 1. The zero-order valence-corrected chi connectivity index (χ0v) is 23.4.